The Balaban J connectivity index is 1.59. The van der Waals surface area contributed by atoms with E-state index in [-0.39, 0.29) is 5.91 Å². The highest BCUT2D eigenvalue weighted by Crippen LogP contribution is 2.29. The van der Waals surface area contributed by atoms with Crippen LogP contribution < -0.4 is 0 Å². The van der Waals surface area contributed by atoms with Crippen molar-refractivity contribution in [2.75, 3.05) is 13.1 Å². The third-order valence-electron chi connectivity index (χ3n) is 4.17. The van der Waals surface area contributed by atoms with Crippen LogP contribution in [0.2, 0.25) is 0 Å². The van der Waals surface area contributed by atoms with Crippen LogP contribution in [0.25, 0.3) is 5.78 Å². The van der Waals surface area contributed by atoms with Crippen molar-refractivity contribution in [3.8, 4) is 0 Å². The van der Waals surface area contributed by atoms with Crippen LogP contribution in [0.5, 0.6) is 0 Å². The van der Waals surface area contributed by atoms with E-state index in [4.69, 9.17) is 0 Å². The van der Waals surface area contributed by atoms with Crippen LogP contribution in [0.15, 0.2) is 30.2 Å². The fraction of sp³-hybridized carbons (Fsp3) is 0.333. The summed E-state index contributed by atoms with van der Waals surface area (Å²) in [6.07, 6.45) is 6.43. The predicted molar refractivity (Wildman–Crippen MR) is 83.1 cm³/mol. The molecule has 0 spiro atoms. The molecule has 4 rings (SSSR count). The first-order valence-electron chi connectivity index (χ1n) is 7.21. The second-order valence-corrected chi connectivity index (χ2v) is 6.33. The standard InChI is InChI=1S/C15H15N5OS/c1-10-13(22-9-18-10)14(21)19-6-3-11(8-19)12-2-4-16-15-17-5-7-20(12)15/h2,4-5,7,9,11H,3,6,8H2,1H3/t11-/m1/s1. The zero-order valence-corrected chi connectivity index (χ0v) is 13.0. The van der Waals surface area contributed by atoms with Gasteiger partial charge in [-0.15, -0.1) is 11.3 Å². The average molecular weight is 313 g/mol. The maximum atomic E-state index is 12.6. The number of hydrogen-bond donors (Lipinski definition) is 0. The number of thiazole rings is 1. The number of aromatic nitrogens is 4. The van der Waals surface area contributed by atoms with Crippen LogP contribution >= 0.6 is 11.3 Å². The van der Waals surface area contributed by atoms with Gasteiger partial charge in [0.2, 0.25) is 5.78 Å². The summed E-state index contributed by atoms with van der Waals surface area (Å²) >= 11 is 1.42. The third kappa shape index (κ3) is 2.09. The van der Waals surface area contributed by atoms with Crippen molar-refractivity contribution in [2.24, 2.45) is 0 Å². The number of amides is 1. The van der Waals surface area contributed by atoms with Gasteiger partial charge in [0.05, 0.1) is 11.2 Å². The van der Waals surface area contributed by atoms with Gasteiger partial charge in [-0.25, -0.2) is 15.0 Å². The number of carbonyl (C=O) groups is 1. The first kappa shape index (κ1) is 13.4. The van der Waals surface area contributed by atoms with Gasteiger partial charge in [-0.1, -0.05) is 0 Å². The highest BCUT2D eigenvalue weighted by molar-refractivity contribution is 7.11. The average Bonchev–Trinajstić information content (AvgIpc) is 3.26. The summed E-state index contributed by atoms with van der Waals surface area (Å²) in [5.41, 5.74) is 3.71. The summed E-state index contributed by atoms with van der Waals surface area (Å²) in [4.78, 5) is 27.9. The van der Waals surface area contributed by atoms with Gasteiger partial charge in [0.1, 0.15) is 4.88 Å². The lowest BCUT2D eigenvalue weighted by molar-refractivity contribution is 0.0794. The summed E-state index contributed by atoms with van der Waals surface area (Å²) < 4.78 is 2.01. The fourth-order valence-corrected chi connectivity index (χ4v) is 3.79. The maximum Gasteiger partial charge on any atom is 0.265 e. The van der Waals surface area contributed by atoms with Gasteiger partial charge in [0.25, 0.3) is 5.91 Å². The molecular formula is C15H15N5OS. The zero-order chi connectivity index (χ0) is 15.1. The van der Waals surface area contributed by atoms with E-state index in [9.17, 15) is 4.79 Å². The van der Waals surface area contributed by atoms with Gasteiger partial charge < -0.3 is 4.90 Å². The number of nitrogens with zero attached hydrogens (tertiary/aromatic N) is 5. The smallest absolute Gasteiger partial charge is 0.265 e. The summed E-state index contributed by atoms with van der Waals surface area (Å²) in [7, 11) is 0. The Kier molecular flexibility index (Phi) is 3.15. The Morgan fingerprint density at radius 2 is 2.18 bits per heavy atom. The van der Waals surface area contributed by atoms with E-state index >= 15 is 0 Å². The molecular weight excluding hydrogens is 298 g/mol. The van der Waals surface area contributed by atoms with Gasteiger partial charge in [0, 0.05) is 43.3 Å². The van der Waals surface area contributed by atoms with Gasteiger partial charge in [-0.2, -0.15) is 0 Å². The molecule has 3 aromatic heterocycles. The minimum absolute atomic E-state index is 0.0958. The van der Waals surface area contributed by atoms with Crippen LogP contribution in [0.1, 0.15) is 33.4 Å². The highest BCUT2D eigenvalue weighted by atomic mass is 32.1. The Hall–Kier alpha value is -2.28. The maximum absolute atomic E-state index is 12.6. The first-order valence-corrected chi connectivity index (χ1v) is 8.09. The van der Waals surface area contributed by atoms with Crippen molar-refractivity contribution in [1.29, 1.82) is 0 Å². The zero-order valence-electron chi connectivity index (χ0n) is 12.1. The van der Waals surface area contributed by atoms with Crippen LogP contribution in [0, 0.1) is 6.92 Å². The molecule has 0 bridgehead atoms. The van der Waals surface area contributed by atoms with Crippen LogP contribution in [0.4, 0.5) is 0 Å². The number of hydrogen-bond acceptors (Lipinski definition) is 5. The molecule has 3 aromatic rings. The quantitative estimate of drug-likeness (QED) is 0.727. The fourth-order valence-electron chi connectivity index (χ4n) is 3.02. The topological polar surface area (TPSA) is 63.4 Å². The number of aryl methyl sites for hydroxylation is 1. The van der Waals surface area contributed by atoms with Gasteiger partial charge >= 0.3 is 0 Å². The van der Waals surface area contributed by atoms with Crippen molar-refractivity contribution >= 4 is 23.0 Å². The van der Waals surface area contributed by atoms with Crippen molar-refractivity contribution in [3.05, 3.63) is 46.4 Å². The molecule has 0 aliphatic carbocycles. The Labute approximate surface area is 131 Å². The van der Waals surface area contributed by atoms with Gasteiger partial charge in [-0.05, 0) is 19.4 Å². The molecule has 1 fully saturated rings. The SMILES string of the molecule is Cc1ncsc1C(=O)N1CC[C@@H](c2ccnc3nccn23)C1. The van der Waals surface area contributed by atoms with E-state index < -0.39 is 0 Å². The number of carbonyl (C=O) groups excluding carboxylic acids is 1. The first-order chi connectivity index (χ1) is 10.7. The molecule has 4 heterocycles. The molecule has 22 heavy (non-hydrogen) atoms. The monoisotopic (exact) mass is 313 g/mol. The third-order valence-corrected chi connectivity index (χ3v) is 5.08. The Morgan fingerprint density at radius 1 is 1.32 bits per heavy atom. The lowest BCUT2D eigenvalue weighted by Gasteiger charge is -2.16. The van der Waals surface area contributed by atoms with Crippen LogP contribution in [-0.2, 0) is 0 Å². The molecule has 0 N–H and O–H groups in total. The van der Waals surface area contributed by atoms with Crippen molar-refractivity contribution < 1.29 is 4.79 Å². The van der Waals surface area contributed by atoms with Crippen LogP contribution in [-0.4, -0.2) is 43.2 Å². The molecule has 0 aromatic carbocycles. The van der Waals surface area contributed by atoms with E-state index in [1.165, 1.54) is 17.0 Å². The molecule has 0 saturated carbocycles. The second kappa shape index (κ2) is 5.17. The van der Waals surface area contributed by atoms with Crippen molar-refractivity contribution in [2.45, 2.75) is 19.3 Å². The van der Waals surface area contributed by atoms with E-state index in [1.54, 1.807) is 17.9 Å². The lowest BCUT2D eigenvalue weighted by atomic mass is 10.0. The molecule has 1 atom stereocenters. The summed E-state index contributed by atoms with van der Waals surface area (Å²) in [5, 5.41) is 0. The molecule has 0 unspecified atom stereocenters. The number of rotatable bonds is 2. The molecule has 6 nitrogen and oxygen atoms in total. The summed E-state index contributed by atoms with van der Waals surface area (Å²) in [6, 6.07) is 2.02. The molecule has 0 radical (unpaired) electrons. The molecule has 1 saturated heterocycles. The number of likely N-dealkylation sites (tertiary alicyclic amines) is 1. The molecule has 1 aliphatic rings. The number of imidazole rings is 1. The van der Waals surface area contributed by atoms with Gasteiger partial charge in [0.15, 0.2) is 0 Å². The lowest BCUT2D eigenvalue weighted by Crippen LogP contribution is -2.28. The van der Waals surface area contributed by atoms with Gasteiger partial charge in [-0.3, -0.25) is 9.20 Å². The predicted octanol–water partition coefficient (Wildman–Crippen LogP) is 2.12. The van der Waals surface area contributed by atoms with E-state index in [0.717, 1.165) is 30.1 Å². The summed E-state index contributed by atoms with van der Waals surface area (Å²) in [5.74, 6) is 1.12. The molecule has 1 aliphatic heterocycles. The molecule has 7 heteroatoms. The molecule has 112 valence electrons. The van der Waals surface area contributed by atoms with E-state index in [1.807, 2.05) is 28.5 Å². The highest BCUT2D eigenvalue weighted by Gasteiger charge is 2.30. The van der Waals surface area contributed by atoms with Crippen molar-refractivity contribution in [3.63, 3.8) is 0 Å². The van der Waals surface area contributed by atoms with Crippen LogP contribution in [0.3, 0.4) is 0 Å². The minimum atomic E-state index is 0.0958. The second-order valence-electron chi connectivity index (χ2n) is 5.47. The largest absolute Gasteiger partial charge is 0.337 e. The normalized spacial score (nSPS) is 18.2. The van der Waals surface area contributed by atoms with E-state index in [2.05, 4.69) is 15.0 Å². The Morgan fingerprint density at radius 3 is 3.00 bits per heavy atom. The summed E-state index contributed by atoms with van der Waals surface area (Å²) in [6.45, 7) is 3.39. The van der Waals surface area contributed by atoms with E-state index in [0.29, 0.717) is 11.7 Å². The minimum Gasteiger partial charge on any atom is -0.337 e. The number of fused-ring (bicyclic) bond motifs is 1. The molecule has 1 amide bonds. The van der Waals surface area contributed by atoms with Crippen molar-refractivity contribution in [1.82, 2.24) is 24.3 Å². The Bertz CT molecular complexity index is 839.